The van der Waals surface area contributed by atoms with E-state index >= 15 is 0 Å². The monoisotopic (exact) mass is 267 g/mol. The van der Waals surface area contributed by atoms with Crippen molar-refractivity contribution >= 4 is 0 Å². The van der Waals surface area contributed by atoms with Crippen LogP contribution in [-0.4, -0.2) is 0 Å². The van der Waals surface area contributed by atoms with E-state index < -0.39 is 0 Å². The minimum absolute atomic E-state index is 0.271. The molecular formula is C19H25N. The highest BCUT2D eigenvalue weighted by atomic mass is 14.7. The van der Waals surface area contributed by atoms with Gasteiger partial charge in [0.1, 0.15) is 0 Å². The molecule has 0 amide bonds. The fourth-order valence-electron chi connectivity index (χ4n) is 2.99. The van der Waals surface area contributed by atoms with Gasteiger partial charge in [0.15, 0.2) is 0 Å². The smallest absolute Gasteiger partial charge is 0.0450 e. The maximum Gasteiger partial charge on any atom is 0.0450 e. The molecule has 0 radical (unpaired) electrons. The Labute approximate surface area is 122 Å². The minimum atomic E-state index is -0.271. The number of benzene rings is 2. The van der Waals surface area contributed by atoms with Crippen LogP contribution in [0.2, 0.25) is 0 Å². The van der Waals surface area contributed by atoms with E-state index in [4.69, 9.17) is 5.73 Å². The van der Waals surface area contributed by atoms with Crippen LogP contribution in [0.3, 0.4) is 0 Å². The molecule has 1 heteroatoms. The van der Waals surface area contributed by atoms with Crippen molar-refractivity contribution in [1.29, 1.82) is 0 Å². The Morgan fingerprint density at radius 3 is 2.05 bits per heavy atom. The van der Waals surface area contributed by atoms with E-state index in [0.717, 1.165) is 19.3 Å². The van der Waals surface area contributed by atoms with E-state index in [0.29, 0.717) is 0 Å². The number of aryl methyl sites for hydroxylation is 2. The van der Waals surface area contributed by atoms with Crippen molar-refractivity contribution in [2.45, 2.75) is 45.6 Å². The molecule has 0 fully saturated rings. The van der Waals surface area contributed by atoms with Gasteiger partial charge in [-0.3, -0.25) is 0 Å². The summed E-state index contributed by atoms with van der Waals surface area (Å²) >= 11 is 0. The summed E-state index contributed by atoms with van der Waals surface area (Å²) in [7, 11) is 0. The van der Waals surface area contributed by atoms with Gasteiger partial charge in [0.25, 0.3) is 0 Å². The third-order valence-corrected chi connectivity index (χ3v) is 4.18. The molecule has 1 atom stereocenters. The summed E-state index contributed by atoms with van der Waals surface area (Å²) in [6.07, 6.45) is 3.00. The third-order valence-electron chi connectivity index (χ3n) is 4.18. The molecule has 2 aromatic carbocycles. The quantitative estimate of drug-likeness (QED) is 0.848. The lowest BCUT2D eigenvalue weighted by molar-refractivity contribution is 0.399. The summed E-state index contributed by atoms with van der Waals surface area (Å²) in [5.74, 6) is 0. The second-order valence-electron chi connectivity index (χ2n) is 5.82. The van der Waals surface area contributed by atoms with E-state index in [9.17, 15) is 0 Å². The van der Waals surface area contributed by atoms with Crippen LogP contribution < -0.4 is 5.73 Å². The Bertz CT molecular complexity index is 539. The van der Waals surface area contributed by atoms with Crippen molar-refractivity contribution < 1.29 is 0 Å². The number of hydrogen-bond acceptors (Lipinski definition) is 1. The van der Waals surface area contributed by atoms with Crippen LogP contribution in [0.5, 0.6) is 0 Å². The molecule has 0 spiro atoms. The second kappa shape index (κ2) is 6.23. The lowest BCUT2D eigenvalue weighted by Gasteiger charge is -2.31. The van der Waals surface area contributed by atoms with Crippen molar-refractivity contribution in [2.75, 3.05) is 0 Å². The van der Waals surface area contributed by atoms with Crippen molar-refractivity contribution in [3.05, 3.63) is 70.8 Å². The predicted molar refractivity (Wildman–Crippen MR) is 86.8 cm³/mol. The lowest BCUT2D eigenvalue weighted by atomic mass is 9.79. The van der Waals surface area contributed by atoms with Gasteiger partial charge in [-0.1, -0.05) is 61.9 Å². The van der Waals surface area contributed by atoms with E-state index in [2.05, 4.69) is 69.3 Å². The zero-order valence-electron chi connectivity index (χ0n) is 12.8. The molecule has 0 aliphatic heterocycles. The maximum atomic E-state index is 6.80. The minimum Gasteiger partial charge on any atom is -0.321 e. The molecule has 0 bridgehead atoms. The van der Waals surface area contributed by atoms with Crippen LogP contribution in [0.25, 0.3) is 0 Å². The van der Waals surface area contributed by atoms with Gasteiger partial charge in [0, 0.05) is 5.54 Å². The molecular weight excluding hydrogens is 242 g/mol. The second-order valence-corrected chi connectivity index (χ2v) is 5.82. The van der Waals surface area contributed by atoms with E-state index in [-0.39, 0.29) is 5.54 Å². The molecule has 2 N–H and O–H groups in total. The van der Waals surface area contributed by atoms with Gasteiger partial charge in [-0.15, -0.1) is 0 Å². The highest BCUT2D eigenvalue weighted by molar-refractivity contribution is 5.37. The summed E-state index contributed by atoms with van der Waals surface area (Å²) in [4.78, 5) is 0. The summed E-state index contributed by atoms with van der Waals surface area (Å²) in [5.41, 5.74) is 11.8. The van der Waals surface area contributed by atoms with Gasteiger partial charge >= 0.3 is 0 Å². The van der Waals surface area contributed by atoms with Crippen molar-refractivity contribution in [3.63, 3.8) is 0 Å². The van der Waals surface area contributed by atoms with Gasteiger partial charge < -0.3 is 5.73 Å². The first-order valence-corrected chi connectivity index (χ1v) is 7.46. The Morgan fingerprint density at radius 1 is 0.900 bits per heavy atom. The fourth-order valence-corrected chi connectivity index (χ4v) is 2.99. The van der Waals surface area contributed by atoms with Crippen molar-refractivity contribution in [2.24, 2.45) is 5.73 Å². The largest absolute Gasteiger partial charge is 0.321 e. The van der Waals surface area contributed by atoms with Crippen LogP contribution in [0.15, 0.2) is 48.5 Å². The first-order valence-electron chi connectivity index (χ1n) is 7.46. The molecule has 0 aliphatic carbocycles. The lowest BCUT2D eigenvalue weighted by Crippen LogP contribution is -2.39. The van der Waals surface area contributed by atoms with Crippen LogP contribution in [0.4, 0.5) is 0 Å². The highest BCUT2D eigenvalue weighted by Gasteiger charge is 2.27. The molecule has 0 heterocycles. The Kier molecular flexibility index (Phi) is 4.61. The first-order chi connectivity index (χ1) is 9.57. The SMILES string of the molecule is CCCC(N)(Cc1c(C)cccc1C)c1ccccc1. The Balaban J connectivity index is 2.40. The average molecular weight is 267 g/mol. The van der Waals surface area contributed by atoms with Crippen LogP contribution >= 0.6 is 0 Å². The molecule has 1 unspecified atom stereocenters. The van der Waals surface area contributed by atoms with Crippen molar-refractivity contribution in [1.82, 2.24) is 0 Å². The summed E-state index contributed by atoms with van der Waals surface area (Å²) in [6.45, 7) is 6.56. The van der Waals surface area contributed by atoms with Crippen LogP contribution in [0.1, 0.15) is 42.0 Å². The fraction of sp³-hybridized carbons (Fsp3) is 0.368. The van der Waals surface area contributed by atoms with Gasteiger partial charge in [-0.2, -0.15) is 0 Å². The molecule has 1 nitrogen and oxygen atoms in total. The number of rotatable bonds is 5. The topological polar surface area (TPSA) is 26.0 Å². The predicted octanol–water partition coefficient (Wildman–Crippen LogP) is 4.50. The average Bonchev–Trinajstić information content (AvgIpc) is 2.44. The van der Waals surface area contributed by atoms with Gasteiger partial charge in [0.05, 0.1) is 0 Å². The maximum absolute atomic E-state index is 6.80. The van der Waals surface area contributed by atoms with E-state index in [1.54, 1.807) is 0 Å². The van der Waals surface area contributed by atoms with Gasteiger partial charge in [-0.25, -0.2) is 0 Å². The number of hydrogen-bond donors (Lipinski definition) is 1. The Hall–Kier alpha value is -1.60. The molecule has 0 saturated carbocycles. The zero-order valence-corrected chi connectivity index (χ0v) is 12.8. The summed E-state index contributed by atoms with van der Waals surface area (Å²) < 4.78 is 0. The standard InChI is InChI=1S/C19H25N/c1-4-13-19(20,17-11-6-5-7-12-17)14-18-15(2)9-8-10-16(18)3/h5-12H,4,13-14,20H2,1-3H3. The molecule has 2 rings (SSSR count). The summed E-state index contributed by atoms with van der Waals surface area (Å²) in [5, 5.41) is 0. The molecule has 2 aromatic rings. The van der Waals surface area contributed by atoms with E-state index in [1.165, 1.54) is 22.3 Å². The van der Waals surface area contributed by atoms with E-state index in [1.807, 2.05) is 0 Å². The van der Waals surface area contributed by atoms with Gasteiger partial charge in [0.2, 0.25) is 0 Å². The Morgan fingerprint density at radius 2 is 1.50 bits per heavy atom. The summed E-state index contributed by atoms with van der Waals surface area (Å²) in [6, 6.07) is 17.0. The third kappa shape index (κ3) is 3.10. The molecule has 0 saturated heterocycles. The van der Waals surface area contributed by atoms with Gasteiger partial charge in [-0.05, 0) is 48.9 Å². The highest BCUT2D eigenvalue weighted by Crippen LogP contribution is 2.30. The van der Waals surface area contributed by atoms with Crippen molar-refractivity contribution in [3.8, 4) is 0 Å². The molecule has 20 heavy (non-hydrogen) atoms. The molecule has 0 aliphatic rings. The first kappa shape index (κ1) is 14.8. The number of nitrogens with two attached hydrogens (primary N) is 1. The van der Waals surface area contributed by atoms with Crippen LogP contribution in [0, 0.1) is 13.8 Å². The zero-order chi connectivity index (χ0) is 14.6. The normalized spacial score (nSPS) is 14.0. The van der Waals surface area contributed by atoms with Crippen LogP contribution in [-0.2, 0) is 12.0 Å². The molecule has 106 valence electrons. The molecule has 0 aromatic heterocycles.